The van der Waals surface area contributed by atoms with Gasteiger partial charge in [-0.1, -0.05) is 6.42 Å². The van der Waals surface area contributed by atoms with E-state index in [0.717, 1.165) is 29.9 Å². The van der Waals surface area contributed by atoms with Crippen LogP contribution in [-0.4, -0.2) is 30.1 Å². The van der Waals surface area contributed by atoms with Crippen LogP contribution in [0.15, 0.2) is 29.2 Å². The Bertz CT molecular complexity index is 338. The van der Waals surface area contributed by atoms with E-state index in [1.807, 2.05) is 26.1 Å². The Kier molecular flexibility index (Phi) is 6.68. The van der Waals surface area contributed by atoms with Gasteiger partial charge < -0.3 is 10.4 Å². The summed E-state index contributed by atoms with van der Waals surface area (Å²) in [6, 6.07) is 6.61. The molecule has 0 aliphatic heterocycles. The highest BCUT2D eigenvalue weighted by molar-refractivity contribution is 7.99. The summed E-state index contributed by atoms with van der Waals surface area (Å²) >= 11 is 1.75. The molecule has 1 rings (SSSR count). The van der Waals surface area contributed by atoms with Crippen LogP contribution in [0.3, 0.4) is 0 Å². The molecule has 0 aromatic heterocycles. The van der Waals surface area contributed by atoms with Gasteiger partial charge in [-0.3, -0.25) is 0 Å². The first-order chi connectivity index (χ1) is 8.59. The molecule has 0 radical (unpaired) electrons. The maximum atomic E-state index is 12.7. The zero-order chi connectivity index (χ0) is 13.4. The quantitative estimate of drug-likeness (QED) is 0.563. The van der Waals surface area contributed by atoms with E-state index in [4.69, 9.17) is 0 Å². The van der Waals surface area contributed by atoms with Crippen LogP contribution in [0.1, 0.15) is 26.2 Å². The summed E-state index contributed by atoms with van der Waals surface area (Å²) in [6.07, 6.45) is 3.13. The topological polar surface area (TPSA) is 32.3 Å². The molecule has 0 aliphatic rings. The van der Waals surface area contributed by atoms with Crippen molar-refractivity contribution in [2.24, 2.45) is 0 Å². The minimum atomic E-state index is -0.188. The number of likely N-dealkylation sites (N-methyl/N-ethyl adjacent to an activating group) is 1. The first-order valence-corrected chi connectivity index (χ1v) is 7.26. The lowest BCUT2D eigenvalue weighted by Crippen LogP contribution is -2.43. The largest absolute Gasteiger partial charge is 0.394 e. The molecule has 0 aliphatic carbocycles. The fraction of sp³-hybridized carbons (Fsp3) is 0.571. The molecule has 1 aromatic rings. The molecule has 2 N–H and O–H groups in total. The Labute approximate surface area is 113 Å². The SMILES string of the molecule is CNC(C)(CO)CCCCSc1ccc(F)cc1. The van der Waals surface area contributed by atoms with Crippen LogP contribution in [0.2, 0.25) is 0 Å². The van der Waals surface area contributed by atoms with Crippen molar-refractivity contribution >= 4 is 11.8 Å². The van der Waals surface area contributed by atoms with Gasteiger partial charge in [0, 0.05) is 10.4 Å². The van der Waals surface area contributed by atoms with E-state index in [2.05, 4.69) is 5.32 Å². The van der Waals surface area contributed by atoms with Crippen molar-refractivity contribution in [3.05, 3.63) is 30.1 Å². The molecule has 0 amide bonds. The average Bonchev–Trinajstić information content (AvgIpc) is 2.40. The molecule has 0 saturated heterocycles. The molecule has 1 aromatic carbocycles. The number of rotatable bonds is 8. The predicted molar refractivity (Wildman–Crippen MR) is 75.5 cm³/mol. The molecule has 0 spiro atoms. The van der Waals surface area contributed by atoms with E-state index in [1.165, 1.54) is 12.1 Å². The van der Waals surface area contributed by atoms with Crippen LogP contribution in [0.25, 0.3) is 0 Å². The maximum absolute atomic E-state index is 12.7. The summed E-state index contributed by atoms with van der Waals surface area (Å²) < 4.78 is 12.7. The van der Waals surface area contributed by atoms with Gasteiger partial charge in [-0.05, 0) is 56.8 Å². The summed E-state index contributed by atoms with van der Waals surface area (Å²) in [5, 5.41) is 12.4. The molecule has 0 bridgehead atoms. The zero-order valence-electron chi connectivity index (χ0n) is 11.1. The lowest BCUT2D eigenvalue weighted by Gasteiger charge is -2.26. The third-order valence-corrected chi connectivity index (χ3v) is 4.26. The number of hydrogen-bond donors (Lipinski definition) is 2. The predicted octanol–water partition coefficient (Wildman–Crippen LogP) is 3.06. The van der Waals surface area contributed by atoms with E-state index in [9.17, 15) is 9.50 Å². The molecule has 1 atom stereocenters. The highest BCUT2D eigenvalue weighted by atomic mass is 32.2. The summed E-state index contributed by atoms with van der Waals surface area (Å²) in [6.45, 7) is 2.19. The smallest absolute Gasteiger partial charge is 0.123 e. The molecule has 2 nitrogen and oxygen atoms in total. The van der Waals surface area contributed by atoms with Gasteiger partial charge in [-0.2, -0.15) is 0 Å². The lowest BCUT2D eigenvalue weighted by atomic mass is 9.96. The molecule has 0 saturated carbocycles. The van der Waals surface area contributed by atoms with Crippen LogP contribution in [0, 0.1) is 5.82 Å². The van der Waals surface area contributed by atoms with Crippen molar-refractivity contribution < 1.29 is 9.50 Å². The van der Waals surface area contributed by atoms with Crippen LogP contribution < -0.4 is 5.32 Å². The van der Waals surface area contributed by atoms with Crippen molar-refractivity contribution in [3.8, 4) is 0 Å². The van der Waals surface area contributed by atoms with Gasteiger partial charge in [0.1, 0.15) is 5.82 Å². The Morgan fingerprint density at radius 2 is 1.94 bits per heavy atom. The van der Waals surface area contributed by atoms with Crippen molar-refractivity contribution in [1.29, 1.82) is 0 Å². The maximum Gasteiger partial charge on any atom is 0.123 e. The molecule has 18 heavy (non-hydrogen) atoms. The van der Waals surface area contributed by atoms with Crippen molar-refractivity contribution in [2.45, 2.75) is 36.6 Å². The number of aliphatic hydroxyl groups is 1. The number of thioether (sulfide) groups is 1. The summed E-state index contributed by atoms with van der Waals surface area (Å²) in [7, 11) is 1.88. The summed E-state index contributed by atoms with van der Waals surface area (Å²) in [5.74, 6) is 0.837. The Morgan fingerprint density at radius 1 is 1.28 bits per heavy atom. The van der Waals surface area contributed by atoms with Crippen molar-refractivity contribution in [2.75, 3.05) is 19.4 Å². The Balaban J connectivity index is 2.17. The van der Waals surface area contributed by atoms with Crippen LogP contribution in [0.5, 0.6) is 0 Å². The second-order valence-electron chi connectivity index (χ2n) is 4.73. The third-order valence-electron chi connectivity index (χ3n) is 3.16. The van der Waals surface area contributed by atoms with Gasteiger partial charge in [0.25, 0.3) is 0 Å². The lowest BCUT2D eigenvalue weighted by molar-refractivity contribution is 0.171. The monoisotopic (exact) mass is 271 g/mol. The van der Waals surface area contributed by atoms with Crippen LogP contribution in [0.4, 0.5) is 4.39 Å². The van der Waals surface area contributed by atoms with Gasteiger partial charge >= 0.3 is 0 Å². The van der Waals surface area contributed by atoms with Gasteiger partial charge in [-0.25, -0.2) is 4.39 Å². The molecule has 1 unspecified atom stereocenters. The Morgan fingerprint density at radius 3 is 2.50 bits per heavy atom. The van der Waals surface area contributed by atoms with E-state index >= 15 is 0 Å². The molecule has 0 heterocycles. The summed E-state index contributed by atoms with van der Waals surface area (Å²) in [5.41, 5.74) is -0.166. The van der Waals surface area contributed by atoms with Crippen LogP contribution >= 0.6 is 11.8 Å². The van der Waals surface area contributed by atoms with Gasteiger partial charge in [0.2, 0.25) is 0 Å². The molecular formula is C14H22FNOS. The van der Waals surface area contributed by atoms with Gasteiger partial charge in [-0.15, -0.1) is 11.8 Å². The Hall–Kier alpha value is -0.580. The van der Waals surface area contributed by atoms with Gasteiger partial charge in [0.15, 0.2) is 0 Å². The zero-order valence-corrected chi connectivity index (χ0v) is 11.9. The second kappa shape index (κ2) is 7.77. The first-order valence-electron chi connectivity index (χ1n) is 6.28. The molecule has 4 heteroatoms. The number of benzene rings is 1. The van der Waals surface area contributed by atoms with E-state index in [1.54, 1.807) is 11.8 Å². The molecule has 102 valence electrons. The first kappa shape index (κ1) is 15.5. The normalized spacial score (nSPS) is 14.4. The molecule has 0 fully saturated rings. The van der Waals surface area contributed by atoms with E-state index in [0.29, 0.717) is 0 Å². The average molecular weight is 271 g/mol. The summed E-state index contributed by atoms with van der Waals surface area (Å²) in [4.78, 5) is 1.11. The molecular weight excluding hydrogens is 249 g/mol. The minimum absolute atomic E-state index is 0.161. The van der Waals surface area contributed by atoms with E-state index in [-0.39, 0.29) is 18.0 Å². The fourth-order valence-electron chi connectivity index (χ4n) is 1.62. The third kappa shape index (κ3) is 5.38. The minimum Gasteiger partial charge on any atom is -0.394 e. The van der Waals surface area contributed by atoms with Crippen LogP contribution in [-0.2, 0) is 0 Å². The standard InChI is InChI=1S/C14H22FNOS/c1-14(11-17,16-2)9-3-4-10-18-13-7-5-12(15)6-8-13/h5-8,16-17H,3-4,9-11H2,1-2H3. The fourth-order valence-corrected chi connectivity index (χ4v) is 2.53. The number of nitrogens with one attached hydrogen (secondary N) is 1. The highest BCUT2D eigenvalue weighted by Crippen LogP contribution is 2.21. The van der Waals surface area contributed by atoms with Crippen molar-refractivity contribution in [3.63, 3.8) is 0 Å². The number of hydrogen-bond acceptors (Lipinski definition) is 3. The number of aliphatic hydroxyl groups excluding tert-OH is 1. The van der Waals surface area contributed by atoms with E-state index < -0.39 is 0 Å². The number of unbranched alkanes of at least 4 members (excludes halogenated alkanes) is 1. The van der Waals surface area contributed by atoms with Crippen molar-refractivity contribution in [1.82, 2.24) is 5.32 Å². The second-order valence-corrected chi connectivity index (χ2v) is 5.90. The van der Waals surface area contributed by atoms with Gasteiger partial charge in [0.05, 0.1) is 6.61 Å². The number of halogens is 1. The highest BCUT2D eigenvalue weighted by Gasteiger charge is 2.19.